The van der Waals surface area contributed by atoms with Crippen molar-refractivity contribution in [1.29, 1.82) is 0 Å². The molecule has 0 bridgehead atoms. The summed E-state index contributed by atoms with van der Waals surface area (Å²) in [5, 5.41) is 11.2. The molecule has 1 N–H and O–H groups in total. The van der Waals surface area contributed by atoms with Crippen molar-refractivity contribution in [1.82, 2.24) is 9.88 Å². The Bertz CT molecular complexity index is 1200. The number of ketones is 1. The maximum atomic E-state index is 13.2. The molecule has 1 unspecified atom stereocenters. The topological polar surface area (TPSA) is 73.7 Å². The third-order valence-electron chi connectivity index (χ3n) is 6.28. The Morgan fingerprint density at radius 2 is 1.68 bits per heavy atom. The van der Waals surface area contributed by atoms with Gasteiger partial charge in [-0.25, -0.2) is 0 Å². The zero-order valence-electron chi connectivity index (χ0n) is 19.7. The van der Waals surface area contributed by atoms with E-state index in [-0.39, 0.29) is 17.9 Å². The standard InChI is InChI=1S/C28H29N3O3/c1-4-30(5-2)23-14-12-21(13-15-23)25-24(26(32)22-10-8-19(3)9-11-22)27(33)28(34)31(25)18-20-7-6-16-29-17-20/h6-17,25,32H,4-5,18H2,1-3H3/b26-24-. The first-order valence-corrected chi connectivity index (χ1v) is 11.5. The van der Waals surface area contributed by atoms with Crippen molar-refractivity contribution < 1.29 is 14.7 Å². The number of nitrogens with zero attached hydrogens (tertiary/aromatic N) is 3. The largest absolute Gasteiger partial charge is 0.507 e. The van der Waals surface area contributed by atoms with Gasteiger partial charge in [0.05, 0.1) is 11.6 Å². The van der Waals surface area contributed by atoms with E-state index < -0.39 is 17.7 Å². The number of benzene rings is 2. The maximum Gasteiger partial charge on any atom is 0.295 e. The zero-order chi connectivity index (χ0) is 24.2. The van der Waals surface area contributed by atoms with Crippen LogP contribution in [-0.2, 0) is 16.1 Å². The van der Waals surface area contributed by atoms with E-state index in [0.29, 0.717) is 5.56 Å². The Morgan fingerprint density at radius 1 is 1.00 bits per heavy atom. The Hall–Kier alpha value is -3.93. The van der Waals surface area contributed by atoms with Crippen molar-refractivity contribution in [2.45, 2.75) is 33.4 Å². The number of anilines is 1. The van der Waals surface area contributed by atoms with Gasteiger partial charge in [-0.3, -0.25) is 14.6 Å². The highest BCUT2D eigenvalue weighted by atomic mass is 16.3. The molecule has 1 amide bonds. The van der Waals surface area contributed by atoms with E-state index in [4.69, 9.17) is 0 Å². The minimum atomic E-state index is -0.702. The van der Waals surface area contributed by atoms with Gasteiger partial charge < -0.3 is 14.9 Å². The normalized spacial score (nSPS) is 17.3. The van der Waals surface area contributed by atoms with Gasteiger partial charge >= 0.3 is 0 Å². The minimum absolute atomic E-state index is 0.105. The molecule has 1 aliphatic heterocycles. The highest BCUT2D eigenvalue weighted by Crippen LogP contribution is 2.40. The average Bonchev–Trinajstić information content (AvgIpc) is 3.11. The quantitative estimate of drug-likeness (QED) is 0.313. The highest BCUT2D eigenvalue weighted by Gasteiger charge is 2.46. The van der Waals surface area contributed by atoms with Crippen LogP contribution in [0.1, 0.15) is 42.1 Å². The SMILES string of the molecule is CCN(CC)c1ccc(C2/C(=C(/O)c3ccc(C)cc3)C(=O)C(=O)N2Cc2cccnc2)cc1. The third-order valence-corrected chi connectivity index (χ3v) is 6.28. The lowest BCUT2D eigenvalue weighted by atomic mass is 9.94. The number of Topliss-reactive ketones (excluding diaryl/α,β-unsaturated/α-hetero) is 1. The predicted octanol–water partition coefficient (Wildman–Crippen LogP) is 4.86. The van der Waals surface area contributed by atoms with Crippen LogP contribution in [0.15, 0.2) is 78.6 Å². The number of amides is 1. The van der Waals surface area contributed by atoms with Crippen molar-refractivity contribution in [2.75, 3.05) is 18.0 Å². The van der Waals surface area contributed by atoms with E-state index in [9.17, 15) is 14.7 Å². The second kappa shape index (κ2) is 9.91. The summed E-state index contributed by atoms with van der Waals surface area (Å²) in [5.74, 6) is -1.47. The molecule has 1 saturated heterocycles. The lowest BCUT2D eigenvalue weighted by Crippen LogP contribution is -2.29. The molecule has 6 nitrogen and oxygen atoms in total. The number of hydrogen-bond donors (Lipinski definition) is 1. The van der Waals surface area contributed by atoms with Crippen LogP contribution in [0.3, 0.4) is 0 Å². The van der Waals surface area contributed by atoms with Gasteiger partial charge in [0.2, 0.25) is 0 Å². The maximum absolute atomic E-state index is 13.2. The molecule has 0 spiro atoms. The second-order valence-corrected chi connectivity index (χ2v) is 8.42. The van der Waals surface area contributed by atoms with Crippen molar-refractivity contribution in [3.63, 3.8) is 0 Å². The molecule has 4 rings (SSSR count). The van der Waals surface area contributed by atoms with E-state index in [0.717, 1.165) is 35.5 Å². The molecule has 34 heavy (non-hydrogen) atoms. The molecule has 174 valence electrons. The summed E-state index contributed by atoms with van der Waals surface area (Å²) in [6, 6.07) is 18.1. The van der Waals surface area contributed by atoms with Gasteiger partial charge in [-0.2, -0.15) is 0 Å². The summed E-state index contributed by atoms with van der Waals surface area (Å²) in [7, 11) is 0. The van der Waals surface area contributed by atoms with E-state index in [2.05, 4.69) is 23.7 Å². The fraction of sp³-hybridized carbons (Fsp3) is 0.250. The number of carbonyl (C=O) groups is 2. The fourth-order valence-corrected chi connectivity index (χ4v) is 4.40. The van der Waals surface area contributed by atoms with Crippen LogP contribution in [-0.4, -0.2) is 39.8 Å². The van der Waals surface area contributed by atoms with Crippen LogP contribution < -0.4 is 4.90 Å². The Labute approximate surface area is 200 Å². The van der Waals surface area contributed by atoms with Crippen molar-refractivity contribution >= 4 is 23.1 Å². The molecule has 3 aromatic rings. The second-order valence-electron chi connectivity index (χ2n) is 8.42. The molecule has 6 heteroatoms. The van der Waals surface area contributed by atoms with E-state index in [1.165, 1.54) is 4.90 Å². The number of aliphatic hydroxyl groups is 1. The smallest absolute Gasteiger partial charge is 0.295 e. The number of likely N-dealkylation sites (tertiary alicyclic amines) is 1. The van der Waals surface area contributed by atoms with Crippen LogP contribution in [0.4, 0.5) is 5.69 Å². The summed E-state index contributed by atoms with van der Waals surface area (Å²) >= 11 is 0. The van der Waals surface area contributed by atoms with E-state index in [1.54, 1.807) is 30.6 Å². The number of hydrogen-bond acceptors (Lipinski definition) is 5. The molecular weight excluding hydrogens is 426 g/mol. The van der Waals surface area contributed by atoms with E-state index >= 15 is 0 Å². The van der Waals surface area contributed by atoms with Crippen molar-refractivity contribution in [3.05, 3.63) is 101 Å². The van der Waals surface area contributed by atoms with Gasteiger partial charge in [-0.15, -0.1) is 0 Å². The van der Waals surface area contributed by atoms with Crippen LogP contribution in [0.5, 0.6) is 0 Å². The van der Waals surface area contributed by atoms with Gasteiger partial charge in [0.25, 0.3) is 11.7 Å². The number of pyridine rings is 1. The fourth-order valence-electron chi connectivity index (χ4n) is 4.40. The summed E-state index contributed by atoms with van der Waals surface area (Å²) in [4.78, 5) is 34.3. The molecule has 0 aliphatic carbocycles. The number of rotatable bonds is 7. The number of carbonyl (C=O) groups excluding carboxylic acids is 2. The number of aliphatic hydroxyl groups excluding tert-OH is 1. The molecule has 2 aromatic carbocycles. The lowest BCUT2D eigenvalue weighted by molar-refractivity contribution is -0.140. The Morgan fingerprint density at radius 3 is 2.26 bits per heavy atom. The Balaban J connectivity index is 1.82. The van der Waals surface area contributed by atoms with Gasteiger partial charge in [-0.1, -0.05) is 48.0 Å². The highest BCUT2D eigenvalue weighted by molar-refractivity contribution is 6.46. The summed E-state index contributed by atoms with van der Waals surface area (Å²) < 4.78 is 0. The predicted molar refractivity (Wildman–Crippen MR) is 133 cm³/mol. The van der Waals surface area contributed by atoms with Crippen molar-refractivity contribution in [3.8, 4) is 0 Å². The van der Waals surface area contributed by atoms with Gasteiger partial charge in [0.1, 0.15) is 5.76 Å². The first-order valence-electron chi connectivity index (χ1n) is 11.5. The monoisotopic (exact) mass is 455 g/mol. The van der Waals surface area contributed by atoms with Crippen LogP contribution in [0.25, 0.3) is 5.76 Å². The zero-order valence-corrected chi connectivity index (χ0v) is 19.7. The minimum Gasteiger partial charge on any atom is -0.507 e. The molecule has 1 fully saturated rings. The lowest BCUT2D eigenvalue weighted by Gasteiger charge is -2.26. The first kappa shape index (κ1) is 23.2. The molecule has 1 atom stereocenters. The molecule has 0 radical (unpaired) electrons. The first-order chi connectivity index (χ1) is 16.4. The van der Waals surface area contributed by atoms with Crippen LogP contribution >= 0.6 is 0 Å². The Kier molecular flexibility index (Phi) is 6.77. The molecule has 1 aromatic heterocycles. The van der Waals surface area contributed by atoms with Gasteiger partial charge in [-0.05, 0) is 50.1 Å². The average molecular weight is 456 g/mol. The number of aryl methyl sites for hydroxylation is 1. The van der Waals surface area contributed by atoms with E-state index in [1.807, 2.05) is 49.4 Å². The summed E-state index contributed by atoms with van der Waals surface area (Å²) in [6.45, 7) is 8.12. The van der Waals surface area contributed by atoms with Crippen molar-refractivity contribution in [2.24, 2.45) is 0 Å². The molecule has 2 heterocycles. The molecule has 1 aliphatic rings. The van der Waals surface area contributed by atoms with Crippen LogP contribution in [0, 0.1) is 6.92 Å². The summed E-state index contributed by atoms with van der Waals surface area (Å²) in [6.07, 6.45) is 3.35. The third kappa shape index (κ3) is 4.44. The van der Waals surface area contributed by atoms with Gasteiger partial charge in [0, 0.05) is 43.3 Å². The molecule has 0 saturated carbocycles. The van der Waals surface area contributed by atoms with Gasteiger partial charge in [0.15, 0.2) is 0 Å². The summed E-state index contributed by atoms with van der Waals surface area (Å²) in [5.41, 5.74) is 4.30. The number of aromatic nitrogens is 1. The molecular formula is C28H29N3O3. The van der Waals surface area contributed by atoms with Crippen LogP contribution in [0.2, 0.25) is 0 Å².